The zero-order valence-electron chi connectivity index (χ0n) is 33.3. The zero-order chi connectivity index (χ0) is 40.8. The van der Waals surface area contributed by atoms with Crippen LogP contribution in [0.4, 0.5) is 8.78 Å². The first-order chi connectivity index (χ1) is 27.7. The Labute approximate surface area is 337 Å². The van der Waals surface area contributed by atoms with Gasteiger partial charge in [-0.3, -0.25) is 18.6 Å². The maximum atomic E-state index is 16.0. The second kappa shape index (κ2) is 14.1. The second-order valence-electron chi connectivity index (χ2n) is 16.1. The average molecular weight is 807 g/mol. The molecule has 15 heteroatoms. The Morgan fingerprint density at radius 3 is 2.50 bits per heavy atom. The van der Waals surface area contributed by atoms with Gasteiger partial charge in [0.15, 0.2) is 5.82 Å². The molecule has 12 nitrogen and oxygen atoms in total. The Bertz CT molecular complexity index is 2810. The molecule has 9 rings (SSSR count). The van der Waals surface area contributed by atoms with Gasteiger partial charge in [-0.1, -0.05) is 6.07 Å². The molecule has 6 heterocycles. The number of hydrogen-bond acceptors (Lipinski definition) is 7. The lowest BCUT2D eigenvalue weighted by atomic mass is 9.97. The number of nitrogens with one attached hydrogen (secondary N) is 1. The Kier molecular flexibility index (Phi) is 9.24. The van der Waals surface area contributed by atoms with Crippen LogP contribution in [0.5, 0.6) is 0 Å². The number of aryl methyl sites for hydroxylation is 4. The first kappa shape index (κ1) is 38.0. The third kappa shape index (κ3) is 6.27. The first-order valence-corrected chi connectivity index (χ1v) is 20.3. The van der Waals surface area contributed by atoms with Crippen LogP contribution in [0.25, 0.3) is 39.0 Å². The molecule has 0 radical (unpaired) electrons. The van der Waals surface area contributed by atoms with E-state index in [-0.39, 0.29) is 46.3 Å². The van der Waals surface area contributed by atoms with Crippen molar-refractivity contribution in [3.8, 4) is 17.2 Å². The van der Waals surface area contributed by atoms with Crippen LogP contribution in [0.2, 0.25) is 0 Å². The standard InChI is InChI=1S/C43H44F2N8O4S/c1-23-14-29(15-24(2)38(23)44)53-40(51-13-12-50(42(51)55)34-11-10-33-30(39(34)45)19-46-49(33)7)37(26(4)48-53)35-21-56-20-25(3)52(35)41(54)32-17-28-16-27(8-9-31(28)47-32)36-18-43(5,6)57-22-58-36/h8-17,19,25,35-36,47H,18,20-22H2,1-7H3/t25?,35?,36-/m0/s1. The molecule has 2 aliphatic rings. The highest BCUT2D eigenvalue weighted by molar-refractivity contribution is 7.99. The maximum Gasteiger partial charge on any atom is 0.338 e. The number of halogens is 2. The molecule has 300 valence electrons. The summed E-state index contributed by atoms with van der Waals surface area (Å²) in [6.07, 6.45) is 5.36. The number of ether oxygens (including phenoxy) is 2. The van der Waals surface area contributed by atoms with Gasteiger partial charge in [0.1, 0.15) is 17.3 Å². The number of hydrogen-bond donors (Lipinski definition) is 1. The minimum absolute atomic E-state index is 0.0505. The summed E-state index contributed by atoms with van der Waals surface area (Å²) >= 11 is 1.77. The number of benzene rings is 3. The van der Waals surface area contributed by atoms with E-state index >= 15 is 8.78 Å². The lowest BCUT2D eigenvalue weighted by Gasteiger charge is -2.40. The van der Waals surface area contributed by atoms with Gasteiger partial charge in [0, 0.05) is 41.2 Å². The van der Waals surface area contributed by atoms with Crippen LogP contribution >= 0.6 is 11.8 Å². The Morgan fingerprint density at radius 1 is 0.983 bits per heavy atom. The molecular weight excluding hydrogens is 763 g/mol. The average Bonchev–Trinajstić information content (AvgIpc) is 3.97. The number of carbonyl (C=O) groups excluding carboxylic acids is 1. The lowest BCUT2D eigenvalue weighted by Crippen LogP contribution is -2.49. The normalized spacial score (nSPS) is 19.7. The monoisotopic (exact) mass is 806 g/mol. The van der Waals surface area contributed by atoms with Gasteiger partial charge in [-0.15, -0.1) is 11.8 Å². The largest absolute Gasteiger partial charge is 0.377 e. The fraction of sp³-hybridized carbons (Fsp3) is 0.349. The number of aromatic nitrogens is 7. The maximum absolute atomic E-state index is 16.0. The molecule has 0 bridgehead atoms. The van der Waals surface area contributed by atoms with Crippen molar-refractivity contribution in [2.24, 2.45) is 7.05 Å². The summed E-state index contributed by atoms with van der Waals surface area (Å²) in [4.78, 5) is 34.6. The van der Waals surface area contributed by atoms with E-state index in [0.29, 0.717) is 57.6 Å². The number of thioether (sulfide) groups is 1. The number of rotatable bonds is 6. The van der Waals surface area contributed by atoms with Crippen molar-refractivity contribution >= 4 is 39.5 Å². The molecule has 3 atom stereocenters. The fourth-order valence-corrected chi connectivity index (χ4v) is 9.92. The van der Waals surface area contributed by atoms with E-state index in [1.807, 2.05) is 26.0 Å². The Morgan fingerprint density at radius 2 is 1.74 bits per heavy atom. The van der Waals surface area contributed by atoms with Crippen molar-refractivity contribution in [1.82, 2.24) is 38.6 Å². The topological polar surface area (TPSA) is 117 Å². The summed E-state index contributed by atoms with van der Waals surface area (Å²) < 4.78 is 48.9. The van der Waals surface area contributed by atoms with Gasteiger partial charge in [0.2, 0.25) is 0 Å². The van der Waals surface area contributed by atoms with E-state index in [4.69, 9.17) is 14.6 Å². The van der Waals surface area contributed by atoms with Gasteiger partial charge < -0.3 is 19.4 Å². The number of nitrogens with zero attached hydrogens (tertiary/aromatic N) is 7. The van der Waals surface area contributed by atoms with Gasteiger partial charge in [-0.05, 0) is 107 Å². The Hall–Kier alpha value is -5.51. The van der Waals surface area contributed by atoms with Crippen LogP contribution in [0, 0.1) is 32.4 Å². The van der Waals surface area contributed by atoms with Gasteiger partial charge in [0.05, 0.1) is 71.0 Å². The van der Waals surface area contributed by atoms with Crippen molar-refractivity contribution in [1.29, 1.82) is 0 Å². The second-order valence-corrected chi connectivity index (χ2v) is 17.2. The van der Waals surface area contributed by atoms with E-state index in [1.54, 1.807) is 77.4 Å². The number of carbonyl (C=O) groups is 1. The van der Waals surface area contributed by atoms with Crippen LogP contribution in [-0.4, -0.2) is 75.3 Å². The summed E-state index contributed by atoms with van der Waals surface area (Å²) in [6.45, 7) is 11.7. The minimum Gasteiger partial charge on any atom is -0.377 e. The number of imidazole rings is 1. The van der Waals surface area contributed by atoms with Crippen LogP contribution in [0.15, 0.2) is 71.9 Å². The molecule has 1 N–H and O–H groups in total. The van der Waals surface area contributed by atoms with Gasteiger partial charge in [-0.25, -0.2) is 18.3 Å². The number of morpholine rings is 1. The van der Waals surface area contributed by atoms with Crippen molar-refractivity contribution < 1.29 is 23.0 Å². The third-order valence-electron chi connectivity index (χ3n) is 11.5. The number of H-pyrrole nitrogens is 1. The molecule has 58 heavy (non-hydrogen) atoms. The van der Waals surface area contributed by atoms with E-state index < -0.39 is 17.5 Å². The molecule has 2 unspecified atom stereocenters. The van der Waals surface area contributed by atoms with E-state index in [1.165, 1.54) is 27.1 Å². The van der Waals surface area contributed by atoms with Crippen molar-refractivity contribution in [2.45, 2.75) is 70.9 Å². The summed E-state index contributed by atoms with van der Waals surface area (Å²) in [7, 11) is 1.72. The van der Waals surface area contributed by atoms with Crippen molar-refractivity contribution in [3.63, 3.8) is 0 Å². The highest BCUT2D eigenvalue weighted by atomic mass is 32.2. The summed E-state index contributed by atoms with van der Waals surface area (Å²) in [6, 6.07) is 13.7. The quantitative estimate of drug-likeness (QED) is 0.182. The van der Waals surface area contributed by atoms with Gasteiger partial charge >= 0.3 is 5.69 Å². The van der Waals surface area contributed by atoms with Crippen LogP contribution in [0.3, 0.4) is 0 Å². The Balaban J connectivity index is 1.17. The summed E-state index contributed by atoms with van der Waals surface area (Å²) in [5.74, 6) is -0.217. The van der Waals surface area contributed by atoms with Gasteiger partial charge in [-0.2, -0.15) is 10.2 Å². The molecular formula is C43H44F2N8O4S. The molecule has 0 saturated carbocycles. The third-order valence-corrected chi connectivity index (χ3v) is 12.6. The molecule has 4 aromatic heterocycles. The predicted molar refractivity (Wildman–Crippen MR) is 219 cm³/mol. The van der Waals surface area contributed by atoms with Crippen LogP contribution < -0.4 is 5.69 Å². The van der Waals surface area contributed by atoms with E-state index in [0.717, 1.165) is 17.3 Å². The van der Waals surface area contributed by atoms with E-state index in [9.17, 15) is 9.59 Å². The molecule has 2 fully saturated rings. The minimum atomic E-state index is -0.691. The number of aromatic amines is 1. The van der Waals surface area contributed by atoms with Crippen LogP contribution in [-0.2, 0) is 16.5 Å². The van der Waals surface area contributed by atoms with E-state index in [2.05, 4.69) is 36.1 Å². The van der Waals surface area contributed by atoms with Gasteiger partial charge in [0.25, 0.3) is 5.91 Å². The highest BCUT2D eigenvalue weighted by Crippen LogP contribution is 2.43. The van der Waals surface area contributed by atoms with Crippen molar-refractivity contribution in [2.75, 3.05) is 19.2 Å². The molecule has 0 spiro atoms. The fourth-order valence-electron chi connectivity index (χ4n) is 8.51. The molecule has 1 amide bonds. The van der Waals surface area contributed by atoms with Crippen molar-refractivity contribution in [3.05, 3.63) is 123 Å². The predicted octanol–water partition coefficient (Wildman–Crippen LogP) is 7.92. The molecule has 2 saturated heterocycles. The van der Waals surface area contributed by atoms with Crippen LogP contribution in [0.1, 0.15) is 76.9 Å². The number of fused-ring (bicyclic) bond motifs is 2. The molecule has 0 aliphatic carbocycles. The SMILES string of the molecule is Cc1cc(-n2nc(C)c(C3COCC(C)N3C(=O)c3cc4cc([C@@H]5CC(C)(C)OCS5)ccc4[nH]3)c2-n2ccn(-c3ccc4c(cnn4C)c3F)c2=O)cc(C)c1F. The zero-order valence-corrected chi connectivity index (χ0v) is 34.2. The summed E-state index contributed by atoms with van der Waals surface area (Å²) in [5, 5.41) is 10.6. The number of amides is 1. The molecule has 7 aromatic rings. The summed E-state index contributed by atoms with van der Waals surface area (Å²) in [5.41, 5.74) is 4.73. The lowest BCUT2D eigenvalue weighted by molar-refractivity contribution is -0.0319. The first-order valence-electron chi connectivity index (χ1n) is 19.3. The smallest absolute Gasteiger partial charge is 0.338 e. The molecule has 2 aliphatic heterocycles. The highest BCUT2D eigenvalue weighted by Gasteiger charge is 2.40. The molecule has 3 aromatic carbocycles.